The number of para-hydroxylation sites is 3. The minimum atomic E-state index is 0.891. The van der Waals surface area contributed by atoms with Crippen molar-refractivity contribution < 1.29 is 4.42 Å². The van der Waals surface area contributed by atoms with Gasteiger partial charge in [0.1, 0.15) is 17.2 Å². The second kappa shape index (κ2) is 6.74. The van der Waals surface area contributed by atoms with Crippen molar-refractivity contribution in [3.63, 3.8) is 0 Å². The number of nitrogens with zero attached hydrogens (tertiary/aromatic N) is 2. The van der Waals surface area contributed by atoms with Crippen LogP contribution in [0.3, 0.4) is 0 Å². The lowest BCUT2D eigenvalue weighted by Crippen LogP contribution is -1.97. The van der Waals surface area contributed by atoms with Crippen molar-refractivity contribution in [1.82, 2.24) is 9.55 Å². The summed E-state index contributed by atoms with van der Waals surface area (Å²) >= 11 is 0. The van der Waals surface area contributed by atoms with E-state index in [1.807, 2.05) is 6.07 Å². The lowest BCUT2D eigenvalue weighted by Gasteiger charge is -2.08. The molecule has 0 N–H and O–H groups in total. The fraction of sp³-hybridized carbons (Fsp3) is 0.148. The first-order valence-corrected chi connectivity index (χ1v) is 10.6. The summed E-state index contributed by atoms with van der Waals surface area (Å²) in [6.45, 7) is 3.06. The van der Waals surface area contributed by atoms with Gasteiger partial charge in [-0.25, -0.2) is 4.98 Å². The Balaban J connectivity index is 1.46. The molecule has 0 saturated heterocycles. The van der Waals surface area contributed by atoms with Gasteiger partial charge in [-0.3, -0.25) is 0 Å². The third kappa shape index (κ3) is 2.55. The van der Waals surface area contributed by atoms with Gasteiger partial charge in [0.05, 0.1) is 11.0 Å². The van der Waals surface area contributed by atoms with E-state index in [0.717, 1.165) is 53.2 Å². The van der Waals surface area contributed by atoms with Crippen molar-refractivity contribution in [2.24, 2.45) is 0 Å². The highest BCUT2D eigenvalue weighted by molar-refractivity contribution is 5.96. The van der Waals surface area contributed by atoms with Crippen LogP contribution in [0.1, 0.15) is 24.7 Å². The zero-order valence-corrected chi connectivity index (χ0v) is 16.9. The summed E-state index contributed by atoms with van der Waals surface area (Å²) in [5.74, 6) is 2.03. The maximum absolute atomic E-state index is 6.26. The van der Waals surface area contributed by atoms with Gasteiger partial charge < -0.3 is 8.98 Å². The maximum atomic E-state index is 6.26. The molecule has 0 spiro atoms. The van der Waals surface area contributed by atoms with Gasteiger partial charge in [-0.05, 0) is 43.5 Å². The standard InChI is InChI=1S/C27H22N2O/c1-2-29-24-12-5-4-11-23(24)28-27(29)19-16-14-18(15-17-19)20-9-7-10-22-21-8-3-6-13-25(21)30-26(20)22/h4-7,9-17H,2-3,8H2,1H3. The van der Waals surface area contributed by atoms with E-state index in [-0.39, 0.29) is 0 Å². The second-order valence-electron chi connectivity index (χ2n) is 7.81. The Morgan fingerprint density at radius 2 is 1.77 bits per heavy atom. The summed E-state index contributed by atoms with van der Waals surface area (Å²) in [6, 6.07) is 23.5. The van der Waals surface area contributed by atoms with E-state index in [0.29, 0.717) is 0 Å². The number of hydrogen-bond donors (Lipinski definition) is 0. The van der Waals surface area contributed by atoms with Crippen LogP contribution in [0.5, 0.6) is 0 Å². The van der Waals surface area contributed by atoms with Crippen molar-refractivity contribution in [2.45, 2.75) is 26.3 Å². The van der Waals surface area contributed by atoms with Gasteiger partial charge in [0.25, 0.3) is 0 Å². The molecule has 3 nitrogen and oxygen atoms in total. The van der Waals surface area contributed by atoms with E-state index in [1.54, 1.807) is 0 Å². The summed E-state index contributed by atoms with van der Waals surface area (Å²) in [5, 5.41) is 1.24. The SMILES string of the molecule is CCn1c(-c2ccc(-c3cccc4c5c(oc34)C=CCC5)cc2)nc2ccccc21. The first kappa shape index (κ1) is 17.3. The topological polar surface area (TPSA) is 31.0 Å². The van der Waals surface area contributed by atoms with Crippen molar-refractivity contribution in [2.75, 3.05) is 0 Å². The number of hydrogen-bond acceptors (Lipinski definition) is 2. The van der Waals surface area contributed by atoms with E-state index in [9.17, 15) is 0 Å². The molecule has 0 radical (unpaired) electrons. The number of imidazole rings is 1. The Morgan fingerprint density at radius 3 is 2.63 bits per heavy atom. The van der Waals surface area contributed by atoms with Crippen LogP contribution < -0.4 is 0 Å². The molecule has 0 unspecified atom stereocenters. The quantitative estimate of drug-likeness (QED) is 0.329. The lowest BCUT2D eigenvalue weighted by atomic mass is 9.97. The molecule has 0 saturated carbocycles. The number of allylic oxidation sites excluding steroid dienone is 1. The molecule has 1 aliphatic carbocycles. The molecule has 0 bridgehead atoms. The lowest BCUT2D eigenvalue weighted by molar-refractivity contribution is 0.596. The molecule has 0 atom stereocenters. The summed E-state index contributed by atoms with van der Waals surface area (Å²) in [5.41, 5.74) is 7.98. The van der Waals surface area contributed by atoms with Gasteiger partial charge in [0, 0.05) is 28.6 Å². The fourth-order valence-electron chi connectivity index (χ4n) is 4.64. The molecule has 30 heavy (non-hydrogen) atoms. The van der Waals surface area contributed by atoms with Crippen LogP contribution in [0.15, 0.2) is 77.2 Å². The highest BCUT2D eigenvalue weighted by Gasteiger charge is 2.18. The Labute approximate surface area is 175 Å². The molecule has 3 aromatic carbocycles. The third-order valence-electron chi connectivity index (χ3n) is 6.10. The molecule has 5 aromatic rings. The van der Waals surface area contributed by atoms with Crippen LogP contribution in [-0.4, -0.2) is 9.55 Å². The molecular weight excluding hydrogens is 368 g/mol. The first-order chi connectivity index (χ1) is 14.8. The number of fused-ring (bicyclic) bond motifs is 4. The van der Waals surface area contributed by atoms with Gasteiger partial charge in [-0.15, -0.1) is 0 Å². The van der Waals surface area contributed by atoms with E-state index in [2.05, 4.69) is 84.3 Å². The number of benzene rings is 3. The van der Waals surface area contributed by atoms with Crippen LogP contribution in [0.4, 0.5) is 0 Å². The van der Waals surface area contributed by atoms with Crippen LogP contribution in [-0.2, 0) is 13.0 Å². The van der Waals surface area contributed by atoms with E-state index < -0.39 is 0 Å². The van der Waals surface area contributed by atoms with Crippen molar-refractivity contribution in [3.8, 4) is 22.5 Å². The highest BCUT2D eigenvalue weighted by atomic mass is 16.3. The highest BCUT2D eigenvalue weighted by Crippen LogP contribution is 2.37. The smallest absolute Gasteiger partial charge is 0.142 e. The van der Waals surface area contributed by atoms with Gasteiger partial charge in [0.15, 0.2) is 0 Å². The van der Waals surface area contributed by atoms with E-state index >= 15 is 0 Å². The average Bonchev–Trinajstić information content (AvgIpc) is 3.37. The molecule has 3 heteroatoms. The van der Waals surface area contributed by atoms with Gasteiger partial charge in [-0.1, -0.05) is 60.7 Å². The Hall–Kier alpha value is -3.59. The van der Waals surface area contributed by atoms with Gasteiger partial charge in [-0.2, -0.15) is 0 Å². The van der Waals surface area contributed by atoms with E-state index in [4.69, 9.17) is 9.40 Å². The zero-order valence-electron chi connectivity index (χ0n) is 16.9. The summed E-state index contributed by atoms with van der Waals surface area (Å²) in [6.07, 6.45) is 6.44. The molecule has 0 fully saturated rings. The summed E-state index contributed by atoms with van der Waals surface area (Å²) < 4.78 is 8.54. The maximum Gasteiger partial charge on any atom is 0.142 e. The number of aryl methyl sites for hydroxylation is 2. The second-order valence-corrected chi connectivity index (χ2v) is 7.81. The minimum Gasteiger partial charge on any atom is -0.456 e. The third-order valence-corrected chi connectivity index (χ3v) is 6.10. The molecule has 146 valence electrons. The number of aromatic nitrogens is 2. The van der Waals surface area contributed by atoms with Crippen molar-refractivity contribution in [3.05, 3.63) is 84.1 Å². The average molecular weight is 390 g/mol. The predicted molar refractivity (Wildman–Crippen MR) is 123 cm³/mol. The Bertz CT molecular complexity index is 1420. The molecule has 0 amide bonds. The van der Waals surface area contributed by atoms with Crippen LogP contribution in [0.2, 0.25) is 0 Å². The molecule has 2 heterocycles. The Kier molecular flexibility index (Phi) is 3.88. The van der Waals surface area contributed by atoms with Crippen molar-refractivity contribution in [1.29, 1.82) is 0 Å². The molecule has 1 aliphatic rings. The molecule has 6 rings (SSSR count). The van der Waals surface area contributed by atoms with Gasteiger partial charge >= 0.3 is 0 Å². The summed E-state index contributed by atoms with van der Waals surface area (Å²) in [4.78, 5) is 4.89. The predicted octanol–water partition coefficient (Wildman–Crippen LogP) is 7.10. The van der Waals surface area contributed by atoms with Crippen LogP contribution in [0.25, 0.3) is 50.6 Å². The van der Waals surface area contributed by atoms with Crippen LogP contribution in [0, 0.1) is 0 Å². The van der Waals surface area contributed by atoms with E-state index in [1.165, 1.54) is 22.0 Å². The molecule has 0 aliphatic heterocycles. The number of rotatable bonds is 3. The largest absolute Gasteiger partial charge is 0.456 e. The zero-order chi connectivity index (χ0) is 20.1. The molecule has 2 aromatic heterocycles. The first-order valence-electron chi connectivity index (χ1n) is 10.6. The number of furan rings is 1. The molecular formula is C27H22N2O. The fourth-order valence-corrected chi connectivity index (χ4v) is 4.64. The van der Waals surface area contributed by atoms with Gasteiger partial charge in [0.2, 0.25) is 0 Å². The van der Waals surface area contributed by atoms with Crippen LogP contribution >= 0.6 is 0 Å². The monoisotopic (exact) mass is 390 g/mol. The minimum absolute atomic E-state index is 0.891. The Morgan fingerprint density at radius 1 is 0.933 bits per heavy atom. The summed E-state index contributed by atoms with van der Waals surface area (Å²) in [7, 11) is 0. The van der Waals surface area contributed by atoms with Crippen molar-refractivity contribution >= 4 is 28.1 Å². The normalized spacial score (nSPS) is 13.2.